The zero-order valence-corrected chi connectivity index (χ0v) is 11.3. The number of likely N-dealkylation sites (N-methyl/N-ethyl adjacent to an activating group) is 1. The maximum atomic E-state index is 5.88. The lowest BCUT2D eigenvalue weighted by Crippen LogP contribution is -2.47. The van der Waals surface area contributed by atoms with E-state index in [1.807, 2.05) is 12.1 Å². The molecule has 1 heterocycles. The van der Waals surface area contributed by atoms with Crippen molar-refractivity contribution in [3.63, 3.8) is 0 Å². The smallest absolute Gasteiger partial charge is 0.131 e. The van der Waals surface area contributed by atoms with E-state index in [9.17, 15) is 0 Å². The van der Waals surface area contributed by atoms with Crippen LogP contribution in [0.2, 0.25) is 5.15 Å². The summed E-state index contributed by atoms with van der Waals surface area (Å²) in [5.74, 6) is 0.866. The standard InChI is InChI=1S/C13H20ClN3/c1-17(2)13(8-3-4-9-13)10-15-12-7-5-6-11(14)16-12/h5-7H,3-4,8-10H2,1-2H3,(H,15,16). The highest BCUT2D eigenvalue weighted by Gasteiger charge is 2.35. The van der Waals surface area contributed by atoms with Gasteiger partial charge in [0.2, 0.25) is 0 Å². The van der Waals surface area contributed by atoms with Crippen LogP contribution in [0.4, 0.5) is 5.82 Å². The average molecular weight is 254 g/mol. The molecular formula is C13H20ClN3. The quantitative estimate of drug-likeness (QED) is 0.836. The predicted molar refractivity (Wildman–Crippen MR) is 72.6 cm³/mol. The molecule has 1 aromatic heterocycles. The van der Waals surface area contributed by atoms with Gasteiger partial charge in [0.25, 0.3) is 0 Å². The van der Waals surface area contributed by atoms with Gasteiger partial charge in [0.05, 0.1) is 0 Å². The van der Waals surface area contributed by atoms with Crippen LogP contribution in [0.25, 0.3) is 0 Å². The van der Waals surface area contributed by atoms with Gasteiger partial charge < -0.3 is 10.2 Å². The zero-order chi connectivity index (χ0) is 12.3. The highest BCUT2D eigenvalue weighted by atomic mass is 35.5. The molecule has 1 aliphatic carbocycles. The Labute approximate surface area is 108 Å². The Kier molecular flexibility index (Phi) is 3.89. The summed E-state index contributed by atoms with van der Waals surface area (Å²) in [5, 5.41) is 3.95. The molecule has 17 heavy (non-hydrogen) atoms. The van der Waals surface area contributed by atoms with E-state index in [1.54, 1.807) is 6.07 Å². The Bertz CT molecular complexity index is 373. The summed E-state index contributed by atoms with van der Waals surface area (Å²) in [6, 6.07) is 5.68. The van der Waals surface area contributed by atoms with Crippen LogP contribution < -0.4 is 5.32 Å². The molecule has 0 bridgehead atoms. The highest BCUT2D eigenvalue weighted by molar-refractivity contribution is 6.29. The summed E-state index contributed by atoms with van der Waals surface area (Å²) in [5.41, 5.74) is 0.282. The third kappa shape index (κ3) is 2.90. The number of halogens is 1. The molecule has 1 N–H and O–H groups in total. The molecule has 0 unspecified atom stereocenters. The summed E-state index contributed by atoms with van der Waals surface area (Å²) < 4.78 is 0. The van der Waals surface area contributed by atoms with Gasteiger partial charge in [0.1, 0.15) is 11.0 Å². The second kappa shape index (κ2) is 5.23. The van der Waals surface area contributed by atoms with Gasteiger partial charge in [-0.25, -0.2) is 4.98 Å². The van der Waals surface area contributed by atoms with Gasteiger partial charge in [-0.2, -0.15) is 0 Å². The van der Waals surface area contributed by atoms with E-state index in [4.69, 9.17) is 11.6 Å². The Balaban J connectivity index is 2.01. The van der Waals surface area contributed by atoms with Crippen molar-refractivity contribution >= 4 is 17.4 Å². The van der Waals surface area contributed by atoms with Crippen LogP contribution in [-0.2, 0) is 0 Å². The van der Waals surface area contributed by atoms with E-state index in [2.05, 4.69) is 29.3 Å². The first kappa shape index (κ1) is 12.7. The van der Waals surface area contributed by atoms with Gasteiger partial charge >= 0.3 is 0 Å². The number of nitrogens with zero attached hydrogens (tertiary/aromatic N) is 2. The largest absolute Gasteiger partial charge is 0.368 e. The van der Waals surface area contributed by atoms with Crippen LogP contribution in [0.5, 0.6) is 0 Å². The molecule has 1 saturated carbocycles. The molecule has 3 nitrogen and oxygen atoms in total. The maximum Gasteiger partial charge on any atom is 0.131 e. The molecule has 2 rings (SSSR count). The number of aromatic nitrogens is 1. The first-order valence-electron chi connectivity index (χ1n) is 6.16. The summed E-state index contributed by atoms with van der Waals surface area (Å²) in [6.45, 7) is 0.938. The van der Waals surface area contributed by atoms with E-state index in [1.165, 1.54) is 25.7 Å². The number of rotatable bonds is 4. The van der Waals surface area contributed by atoms with Gasteiger partial charge in [0.15, 0.2) is 0 Å². The van der Waals surface area contributed by atoms with E-state index in [0.29, 0.717) is 5.15 Å². The fraction of sp³-hybridized carbons (Fsp3) is 0.615. The minimum absolute atomic E-state index is 0.282. The van der Waals surface area contributed by atoms with E-state index >= 15 is 0 Å². The van der Waals surface area contributed by atoms with Crippen molar-refractivity contribution < 1.29 is 0 Å². The third-order valence-electron chi connectivity index (χ3n) is 3.80. The molecular weight excluding hydrogens is 234 g/mol. The molecule has 1 aliphatic rings. The summed E-state index contributed by atoms with van der Waals surface area (Å²) in [6.07, 6.45) is 5.16. The van der Waals surface area contributed by atoms with E-state index in [0.717, 1.165) is 12.4 Å². The summed E-state index contributed by atoms with van der Waals surface area (Å²) in [7, 11) is 4.33. The minimum Gasteiger partial charge on any atom is -0.368 e. The molecule has 0 aliphatic heterocycles. The van der Waals surface area contributed by atoms with Crippen molar-refractivity contribution in [3.8, 4) is 0 Å². The molecule has 0 amide bonds. The second-order valence-corrected chi connectivity index (χ2v) is 5.41. The maximum absolute atomic E-state index is 5.88. The first-order valence-corrected chi connectivity index (χ1v) is 6.54. The van der Waals surface area contributed by atoms with Crippen LogP contribution in [0.3, 0.4) is 0 Å². The topological polar surface area (TPSA) is 28.2 Å². The fourth-order valence-electron chi connectivity index (χ4n) is 2.58. The molecule has 1 aromatic rings. The van der Waals surface area contributed by atoms with Gasteiger partial charge in [-0.15, -0.1) is 0 Å². The van der Waals surface area contributed by atoms with E-state index < -0.39 is 0 Å². The van der Waals surface area contributed by atoms with Crippen LogP contribution >= 0.6 is 11.6 Å². The van der Waals surface area contributed by atoms with Crippen LogP contribution in [-0.4, -0.2) is 36.1 Å². The number of hydrogen-bond donors (Lipinski definition) is 1. The molecule has 0 saturated heterocycles. The lowest BCUT2D eigenvalue weighted by Gasteiger charge is -2.36. The summed E-state index contributed by atoms with van der Waals surface area (Å²) in [4.78, 5) is 6.61. The van der Waals surface area contributed by atoms with Gasteiger partial charge in [-0.1, -0.05) is 30.5 Å². The van der Waals surface area contributed by atoms with Crippen LogP contribution in [0.1, 0.15) is 25.7 Å². The van der Waals surface area contributed by atoms with Crippen molar-refractivity contribution in [2.75, 3.05) is 26.0 Å². The van der Waals surface area contributed by atoms with Crippen molar-refractivity contribution in [2.45, 2.75) is 31.2 Å². The Hall–Kier alpha value is -0.800. The molecule has 0 radical (unpaired) electrons. The molecule has 0 aromatic carbocycles. The first-order chi connectivity index (χ1) is 8.12. The number of anilines is 1. The Morgan fingerprint density at radius 1 is 1.35 bits per heavy atom. The SMILES string of the molecule is CN(C)C1(CNc2cccc(Cl)n2)CCCC1. The van der Waals surface area contributed by atoms with Gasteiger partial charge in [-0.3, -0.25) is 0 Å². The Morgan fingerprint density at radius 2 is 2.06 bits per heavy atom. The van der Waals surface area contributed by atoms with Crippen molar-refractivity contribution in [3.05, 3.63) is 23.4 Å². The number of pyridine rings is 1. The normalized spacial score (nSPS) is 18.6. The lowest BCUT2D eigenvalue weighted by atomic mass is 9.96. The minimum atomic E-state index is 0.282. The van der Waals surface area contributed by atoms with Crippen molar-refractivity contribution in [1.29, 1.82) is 0 Å². The Morgan fingerprint density at radius 3 is 2.65 bits per heavy atom. The third-order valence-corrected chi connectivity index (χ3v) is 4.01. The van der Waals surface area contributed by atoms with E-state index in [-0.39, 0.29) is 5.54 Å². The van der Waals surface area contributed by atoms with Gasteiger partial charge in [0, 0.05) is 12.1 Å². The number of nitrogens with one attached hydrogen (secondary N) is 1. The second-order valence-electron chi connectivity index (χ2n) is 5.02. The zero-order valence-electron chi connectivity index (χ0n) is 10.5. The molecule has 0 spiro atoms. The molecule has 1 fully saturated rings. The fourth-order valence-corrected chi connectivity index (χ4v) is 2.74. The molecule has 4 heteroatoms. The monoisotopic (exact) mass is 253 g/mol. The average Bonchev–Trinajstić information content (AvgIpc) is 2.76. The number of hydrogen-bond acceptors (Lipinski definition) is 3. The van der Waals surface area contributed by atoms with Crippen molar-refractivity contribution in [2.24, 2.45) is 0 Å². The molecule has 94 valence electrons. The predicted octanol–water partition coefficient (Wildman–Crippen LogP) is 3.02. The van der Waals surface area contributed by atoms with Crippen molar-refractivity contribution in [1.82, 2.24) is 9.88 Å². The van der Waals surface area contributed by atoms with Crippen LogP contribution in [0.15, 0.2) is 18.2 Å². The summed E-state index contributed by atoms with van der Waals surface area (Å²) >= 11 is 5.88. The highest BCUT2D eigenvalue weighted by Crippen LogP contribution is 2.33. The van der Waals surface area contributed by atoms with Crippen LogP contribution in [0, 0.1) is 0 Å². The molecule has 0 atom stereocenters. The van der Waals surface area contributed by atoms with Gasteiger partial charge in [-0.05, 0) is 39.1 Å². The lowest BCUT2D eigenvalue weighted by molar-refractivity contribution is 0.172.